The van der Waals surface area contributed by atoms with Crippen LogP contribution in [-0.4, -0.2) is 60.2 Å². The van der Waals surface area contributed by atoms with Gasteiger partial charge in [0.2, 0.25) is 5.91 Å². The van der Waals surface area contributed by atoms with E-state index < -0.39 is 0 Å². The van der Waals surface area contributed by atoms with Crippen LogP contribution in [0.5, 0.6) is 0 Å². The zero-order valence-corrected chi connectivity index (χ0v) is 18.3. The number of morpholine rings is 1. The van der Waals surface area contributed by atoms with Crippen LogP contribution in [0.2, 0.25) is 0 Å². The van der Waals surface area contributed by atoms with Crippen LogP contribution in [-0.2, 0) is 16.1 Å². The van der Waals surface area contributed by atoms with Crippen molar-refractivity contribution in [2.45, 2.75) is 19.4 Å². The van der Waals surface area contributed by atoms with E-state index in [0.29, 0.717) is 0 Å². The monoisotopic (exact) mass is 437 g/mol. The fraction of sp³-hybridized carbons (Fsp3) is 0.435. The maximum Gasteiger partial charge on any atom is 0.220 e. The van der Waals surface area contributed by atoms with E-state index >= 15 is 0 Å². The molecule has 2 aromatic heterocycles. The van der Waals surface area contributed by atoms with Crippen LogP contribution in [0.15, 0.2) is 35.7 Å². The largest absolute Gasteiger partial charge is 0.379 e. The molecule has 2 saturated heterocycles. The number of carbonyl (C=O) groups excluding carboxylic acids is 1. The van der Waals surface area contributed by atoms with Crippen LogP contribution in [0.4, 0.5) is 5.82 Å². The second-order valence-corrected chi connectivity index (χ2v) is 9.07. The molecule has 7 nitrogen and oxygen atoms in total. The van der Waals surface area contributed by atoms with E-state index in [1.807, 2.05) is 6.07 Å². The zero-order chi connectivity index (χ0) is 21.2. The van der Waals surface area contributed by atoms with Crippen LogP contribution in [0.3, 0.4) is 0 Å². The molecule has 2 aliphatic rings. The molecule has 8 heteroatoms. The number of piperidine rings is 1. The molecule has 0 spiro atoms. The van der Waals surface area contributed by atoms with Crippen LogP contribution in [0.25, 0.3) is 21.3 Å². The van der Waals surface area contributed by atoms with Gasteiger partial charge in [-0.25, -0.2) is 9.97 Å². The number of anilines is 1. The molecule has 3 aromatic rings. The van der Waals surface area contributed by atoms with E-state index in [1.165, 1.54) is 11.1 Å². The van der Waals surface area contributed by atoms with E-state index in [2.05, 4.69) is 39.4 Å². The highest BCUT2D eigenvalue weighted by Gasteiger charge is 2.27. The van der Waals surface area contributed by atoms with E-state index in [1.54, 1.807) is 11.3 Å². The Morgan fingerprint density at radius 3 is 2.55 bits per heavy atom. The molecule has 0 aliphatic carbocycles. The molecule has 1 aromatic carbocycles. The van der Waals surface area contributed by atoms with Gasteiger partial charge in [-0.15, -0.1) is 11.3 Å². The number of hydrogen-bond donors (Lipinski definition) is 1. The summed E-state index contributed by atoms with van der Waals surface area (Å²) in [4.78, 5) is 27.3. The van der Waals surface area contributed by atoms with Crippen molar-refractivity contribution in [3.05, 3.63) is 41.5 Å². The molecule has 31 heavy (non-hydrogen) atoms. The van der Waals surface area contributed by atoms with Gasteiger partial charge >= 0.3 is 0 Å². The molecule has 0 bridgehead atoms. The Kier molecular flexibility index (Phi) is 5.85. The molecular formula is C23H27N5O2S. The van der Waals surface area contributed by atoms with Crippen molar-refractivity contribution in [1.82, 2.24) is 14.9 Å². The number of fused-ring (bicyclic) bond motifs is 1. The summed E-state index contributed by atoms with van der Waals surface area (Å²) in [6.45, 7) is 5.60. The lowest BCUT2D eigenvalue weighted by molar-refractivity contribution is -0.122. The average molecular weight is 438 g/mol. The number of ether oxygens (including phenoxy) is 1. The molecular weight excluding hydrogens is 410 g/mol. The number of amides is 1. The Bertz CT molecular complexity index is 1060. The normalized spacial score (nSPS) is 18.5. The lowest BCUT2D eigenvalue weighted by Gasteiger charge is -2.32. The lowest BCUT2D eigenvalue weighted by atomic mass is 9.96. The Labute approximate surface area is 185 Å². The minimum atomic E-state index is -0.194. The Balaban J connectivity index is 1.54. The number of nitrogens with two attached hydrogens (primary N) is 1. The van der Waals surface area contributed by atoms with Crippen molar-refractivity contribution < 1.29 is 9.53 Å². The highest BCUT2D eigenvalue weighted by molar-refractivity contribution is 7.17. The summed E-state index contributed by atoms with van der Waals surface area (Å²) < 4.78 is 5.48. The van der Waals surface area contributed by atoms with Gasteiger partial charge in [0, 0.05) is 43.0 Å². The first kappa shape index (κ1) is 20.4. The van der Waals surface area contributed by atoms with Crippen LogP contribution in [0.1, 0.15) is 18.7 Å². The highest BCUT2D eigenvalue weighted by Crippen LogP contribution is 2.39. The number of benzene rings is 1. The van der Waals surface area contributed by atoms with Crippen molar-refractivity contribution in [2.24, 2.45) is 11.7 Å². The van der Waals surface area contributed by atoms with Gasteiger partial charge in [0.05, 0.1) is 25.1 Å². The number of aromatic nitrogens is 2. The van der Waals surface area contributed by atoms with E-state index in [-0.39, 0.29) is 11.8 Å². The standard InChI is InChI=1S/C23H27N5O2S/c24-21(29)17-6-8-28(9-7-17)22-20-18(16-4-2-1-3-5-16)15-31-23(20)26-19(25-22)14-27-10-12-30-13-11-27/h1-5,15,17H,6-14H2,(H2,24,29). The summed E-state index contributed by atoms with van der Waals surface area (Å²) in [5.41, 5.74) is 7.90. The summed E-state index contributed by atoms with van der Waals surface area (Å²) in [5, 5.41) is 3.30. The van der Waals surface area contributed by atoms with Crippen molar-refractivity contribution in [1.29, 1.82) is 0 Å². The van der Waals surface area contributed by atoms with Crippen LogP contribution in [0, 0.1) is 5.92 Å². The minimum Gasteiger partial charge on any atom is -0.379 e. The predicted molar refractivity (Wildman–Crippen MR) is 123 cm³/mol. The summed E-state index contributed by atoms with van der Waals surface area (Å²) in [6, 6.07) is 10.4. The molecule has 5 rings (SSSR count). The van der Waals surface area contributed by atoms with Crippen molar-refractivity contribution in [2.75, 3.05) is 44.3 Å². The van der Waals surface area contributed by atoms with Crippen molar-refractivity contribution >= 4 is 33.3 Å². The first-order valence-electron chi connectivity index (χ1n) is 10.9. The molecule has 1 amide bonds. The molecule has 0 atom stereocenters. The summed E-state index contributed by atoms with van der Waals surface area (Å²) in [6.07, 6.45) is 1.54. The van der Waals surface area contributed by atoms with Gasteiger partial charge in [0.1, 0.15) is 16.5 Å². The maximum absolute atomic E-state index is 11.6. The first-order chi connectivity index (χ1) is 15.2. The van der Waals surface area contributed by atoms with E-state index in [9.17, 15) is 4.79 Å². The fourth-order valence-electron chi connectivity index (χ4n) is 4.43. The van der Waals surface area contributed by atoms with Gasteiger partial charge in [-0.2, -0.15) is 0 Å². The second-order valence-electron chi connectivity index (χ2n) is 8.21. The average Bonchev–Trinajstić information content (AvgIpc) is 3.24. The number of rotatable bonds is 5. The summed E-state index contributed by atoms with van der Waals surface area (Å²) >= 11 is 1.67. The molecule has 0 unspecified atom stereocenters. The highest BCUT2D eigenvalue weighted by atomic mass is 32.1. The molecule has 0 saturated carbocycles. The molecule has 162 valence electrons. The number of hydrogen-bond acceptors (Lipinski definition) is 7. The molecule has 0 radical (unpaired) electrons. The second kappa shape index (κ2) is 8.90. The quantitative estimate of drug-likeness (QED) is 0.661. The van der Waals surface area contributed by atoms with Gasteiger partial charge in [0.15, 0.2) is 0 Å². The molecule has 2 aliphatic heterocycles. The topological polar surface area (TPSA) is 84.6 Å². The van der Waals surface area contributed by atoms with E-state index in [0.717, 1.165) is 80.6 Å². The molecule has 2 fully saturated rings. The number of nitrogens with zero attached hydrogens (tertiary/aromatic N) is 4. The number of primary amides is 1. The van der Waals surface area contributed by atoms with Gasteiger partial charge in [-0.05, 0) is 18.4 Å². The third-order valence-electron chi connectivity index (χ3n) is 6.21. The Hall–Kier alpha value is -2.55. The Morgan fingerprint density at radius 1 is 1.10 bits per heavy atom. The Morgan fingerprint density at radius 2 is 1.84 bits per heavy atom. The third kappa shape index (κ3) is 4.28. The van der Waals surface area contributed by atoms with Gasteiger partial charge in [-0.1, -0.05) is 30.3 Å². The minimum absolute atomic E-state index is 0.0440. The van der Waals surface area contributed by atoms with Crippen LogP contribution >= 0.6 is 11.3 Å². The molecule has 4 heterocycles. The van der Waals surface area contributed by atoms with Gasteiger partial charge in [0.25, 0.3) is 0 Å². The van der Waals surface area contributed by atoms with Crippen molar-refractivity contribution in [3.8, 4) is 11.1 Å². The lowest BCUT2D eigenvalue weighted by Crippen LogP contribution is -2.39. The van der Waals surface area contributed by atoms with Crippen LogP contribution < -0.4 is 10.6 Å². The van der Waals surface area contributed by atoms with Gasteiger partial charge < -0.3 is 15.4 Å². The summed E-state index contributed by atoms with van der Waals surface area (Å²) in [7, 11) is 0. The number of thiophene rings is 1. The number of carbonyl (C=O) groups is 1. The zero-order valence-electron chi connectivity index (χ0n) is 17.5. The fourth-order valence-corrected chi connectivity index (χ4v) is 5.39. The smallest absolute Gasteiger partial charge is 0.220 e. The summed E-state index contributed by atoms with van der Waals surface area (Å²) in [5.74, 6) is 1.60. The predicted octanol–water partition coefficient (Wildman–Crippen LogP) is 2.89. The SMILES string of the molecule is NC(=O)C1CCN(c2nc(CN3CCOCC3)nc3scc(-c4ccccc4)c23)CC1. The first-order valence-corrected chi connectivity index (χ1v) is 11.7. The maximum atomic E-state index is 11.6. The van der Waals surface area contributed by atoms with Gasteiger partial charge in [-0.3, -0.25) is 9.69 Å². The third-order valence-corrected chi connectivity index (χ3v) is 7.08. The molecule has 2 N–H and O–H groups in total. The van der Waals surface area contributed by atoms with E-state index in [4.69, 9.17) is 20.4 Å². The van der Waals surface area contributed by atoms with Crippen molar-refractivity contribution in [3.63, 3.8) is 0 Å².